The molecule has 6 heteroatoms. The normalized spacial score (nSPS) is 11.0. The average molecular weight is 318 g/mol. The lowest BCUT2D eigenvalue weighted by Crippen LogP contribution is -2.16. The molecule has 116 valence electrons. The van der Waals surface area contributed by atoms with Gasteiger partial charge in [-0.1, -0.05) is 23.8 Å². The van der Waals surface area contributed by atoms with Crippen molar-refractivity contribution in [1.82, 2.24) is 0 Å². The van der Waals surface area contributed by atoms with Gasteiger partial charge in [0.25, 0.3) is 10.0 Å². The van der Waals surface area contributed by atoms with Gasteiger partial charge < -0.3 is 5.32 Å². The Bertz CT molecular complexity index is 797. The largest absolute Gasteiger partial charge is 0.325 e. The summed E-state index contributed by atoms with van der Waals surface area (Å²) in [5, 5.41) is 2.62. The SMILES string of the molecule is CC(=O)Nc1ccc(C)cc1NS(=O)(=O)c1ccc(C)cc1. The molecular weight excluding hydrogens is 300 g/mol. The van der Waals surface area contributed by atoms with E-state index in [-0.39, 0.29) is 10.8 Å². The summed E-state index contributed by atoms with van der Waals surface area (Å²) in [4.78, 5) is 11.4. The van der Waals surface area contributed by atoms with Crippen molar-refractivity contribution in [3.8, 4) is 0 Å². The molecule has 22 heavy (non-hydrogen) atoms. The first-order chi connectivity index (χ1) is 10.3. The molecule has 0 saturated heterocycles. The highest BCUT2D eigenvalue weighted by Crippen LogP contribution is 2.26. The number of hydrogen-bond acceptors (Lipinski definition) is 3. The number of nitrogens with one attached hydrogen (secondary N) is 2. The van der Waals surface area contributed by atoms with Gasteiger partial charge in [0.15, 0.2) is 0 Å². The Morgan fingerprint density at radius 1 is 0.909 bits per heavy atom. The highest BCUT2D eigenvalue weighted by Gasteiger charge is 2.16. The lowest BCUT2D eigenvalue weighted by molar-refractivity contribution is -0.114. The van der Waals surface area contributed by atoms with Gasteiger partial charge in [0, 0.05) is 6.92 Å². The minimum absolute atomic E-state index is 0.174. The lowest BCUT2D eigenvalue weighted by atomic mass is 10.2. The molecule has 0 unspecified atom stereocenters. The topological polar surface area (TPSA) is 75.3 Å². The quantitative estimate of drug-likeness (QED) is 0.909. The Balaban J connectivity index is 2.38. The van der Waals surface area contributed by atoms with Crippen LogP contribution in [0.2, 0.25) is 0 Å². The van der Waals surface area contributed by atoms with Crippen LogP contribution in [0.1, 0.15) is 18.1 Å². The van der Waals surface area contributed by atoms with E-state index < -0.39 is 10.0 Å². The van der Waals surface area contributed by atoms with E-state index in [1.807, 2.05) is 13.8 Å². The highest BCUT2D eigenvalue weighted by molar-refractivity contribution is 7.92. The highest BCUT2D eigenvalue weighted by atomic mass is 32.2. The predicted octanol–water partition coefficient (Wildman–Crippen LogP) is 3.06. The Kier molecular flexibility index (Phi) is 4.51. The number of hydrogen-bond donors (Lipinski definition) is 2. The van der Waals surface area contributed by atoms with Crippen molar-refractivity contribution in [2.75, 3.05) is 10.0 Å². The van der Waals surface area contributed by atoms with Gasteiger partial charge in [-0.2, -0.15) is 0 Å². The third kappa shape index (κ3) is 3.85. The molecule has 0 atom stereocenters. The van der Waals surface area contributed by atoms with Crippen molar-refractivity contribution in [2.24, 2.45) is 0 Å². The van der Waals surface area contributed by atoms with E-state index >= 15 is 0 Å². The third-order valence-corrected chi connectivity index (χ3v) is 4.44. The molecule has 0 heterocycles. The number of sulfonamides is 1. The summed E-state index contributed by atoms with van der Waals surface area (Å²) in [5.74, 6) is -0.264. The summed E-state index contributed by atoms with van der Waals surface area (Å²) in [7, 11) is -3.71. The second kappa shape index (κ2) is 6.19. The number of carbonyl (C=O) groups is 1. The molecule has 0 saturated carbocycles. The maximum absolute atomic E-state index is 12.4. The summed E-state index contributed by atoms with van der Waals surface area (Å²) in [6.45, 7) is 5.11. The standard InChI is InChI=1S/C16H18N2O3S/c1-11-4-7-14(8-5-11)22(20,21)18-16-10-12(2)6-9-15(16)17-13(3)19/h4-10,18H,1-3H3,(H,17,19). The molecule has 2 rings (SSSR count). The second-order valence-electron chi connectivity index (χ2n) is 5.15. The van der Waals surface area contributed by atoms with Crippen molar-refractivity contribution >= 4 is 27.3 Å². The van der Waals surface area contributed by atoms with Crippen LogP contribution in [0, 0.1) is 13.8 Å². The van der Waals surface area contributed by atoms with Crippen molar-refractivity contribution in [3.63, 3.8) is 0 Å². The molecule has 2 aromatic carbocycles. The van der Waals surface area contributed by atoms with Crippen LogP contribution in [-0.4, -0.2) is 14.3 Å². The molecular formula is C16H18N2O3S. The Morgan fingerprint density at radius 2 is 1.50 bits per heavy atom. The van der Waals surface area contributed by atoms with E-state index in [1.54, 1.807) is 42.5 Å². The summed E-state index contributed by atoms with van der Waals surface area (Å²) >= 11 is 0. The first-order valence-corrected chi connectivity index (χ1v) is 8.24. The van der Waals surface area contributed by atoms with Gasteiger partial charge in [-0.25, -0.2) is 8.42 Å². The molecule has 0 aliphatic carbocycles. The van der Waals surface area contributed by atoms with E-state index in [2.05, 4.69) is 10.0 Å². The van der Waals surface area contributed by atoms with Gasteiger partial charge >= 0.3 is 0 Å². The molecule has 0 aliphatic rings. The van der Waals surface area contributed by atoms with Gasteiger partial charge in [-0.05, 0) is 43.7 Å². The van der Waals surface area contributed by atoms with Crippen molar-refractivity contribution < 1.29 is 13.2 Å². The van der Waals surface area contributed by atoms with Gasteiger partial charge in [0.05, 0.1) is 16.3 Å². The molecule has 1 amide bonds. The Hall–Kier alpha value is -2.34. The smallest absolute Gasteiger partial charge is 0.261 e. The fraction of sp³-hybridized carbons (Fsp3) is 0.188. The summed E-state index contributed by atoms with van der Waals surface area (Å²) in [6.07, 6.45) is 0. The van der Waals surface area contributed by atoms with Crippen LogP contribution in [0.5, 0.6) is 0 Å². The number of carbonyl (C=O) groups excluding carboxylic acids is 1. The molecule has 0 aromatic heterocycles. The van der Waals surface area contributed by atoms with E-state index in [0.717, 1.165) is 11.1 Å². The molecule has 2 aromatic rings. The number of amides is 1. The zero-order valence-corrected chi connectivity index (χ0v) is 13.5. The number of aryl methyl sites for hydroxylation is 2. The number of anilines is 2. The number of benzene rings is 2. The van der Waals surface area contributed by atoms with Gasteiger partial charge in [-0.3, -0.25) is 9.52 Å². The Labute approximate surface area is 130 Å². The van der Waals surface area contributed by atoms with Crippen LogP contribution in [0.4, 0.5) is 11.4 Å². The van der Waals surface area contributed by atoms with E-state index in [4.69, 9.17) is 0 Å². The Morgan fingerprint density at radius 3 is 2.09 bits per heavy atom. The van der Waals surface area contributed by atoms with Crippen LogP contribution in [0.15, 0.2) is 47.4 Å². The molecule has 0 aliphatic heterocycles. The summed E-state index contributed by atoms with van der Waals surface area (Å²) < 4.78 is 27.4. The van der Waals surface area contributed by atoms with Gasteiger partial charge in [-0.15, -0.1) is 0 Å². The summed E-state index contributed by atoms with van der Waals surface area (Å²) in [6, 6.07) is 11.7. The van der Waals surface area contributed by atoms with Crippen LogP contribution in [-0.2, 0) is 14.8 Å². The maximum Gasteiger partial charge on any atom is 0.261 e. The van der Waals surface area contributed by atoms with E-state index in [9.17, 15) is 13.2 Å². The van der Waals surface area contributed by atoms with Crippen LogP contribution in [0.25, 0.3) is 0 Å². The molecule has 0 fully saturated rings. The third-order valence-electron chi connectivity index (χ3n) is 3.06. The maximum atomic E-state index is 12.4. The van der Waals surface area contributed by atoms with Gasteiger partial charge in [0.1, 0.15) is 0 Å². The van der Waals surface area contributed by atoms with Crippen LogP contribution in [0.3, 0.4) is 0 Å². The monoisotopic (exact) mass is 318 g/mol. The molecule has 0 spiro atoms. The fourth-order valence-corrected chi connectivity index (χ4v) is 3.03. The predicted molar refractivity (Wildman–Crippen MR) is 87.5 cm³/mol. The van der Waals surface area contributed by atoms with E-state index in [1.165, 1.54) is 6.92 Å². The summed E-state index contributed by atoms with van der Waals surface area (Å²) in [5.41, 5.74) is 2.63. The molecule has 0 bridgehead atoms. The van der Waals surface area contributed by atoms with Crippen LogP contribution < -0.4 is 10.0 Å². The molecule has 0 radical (unpaired) electrons. The van der Waals surface area contributed by atoms with E-state index in [0.29, 0.717) is 11.4 Å². The zero-order valence-electron chi connectivity index (χ0n) is 12.7. The second-order valence-corrected chi connectivity index (χ2v) is 6.83. The minimum atomic E-state index is -3.71. The van der Waals surface area contributed by atoms with Crippen molar-refractivity contribution in [1.29, 1.82) is 0 Å². The van der Waals surface area contributed by atoms with Gasteiger partial charge in [0.2, 0.25) is 5.91 Å². The van der Waals surface area contributed by atoms with Crippen LogP contribution >= 0.6 is 0 Å². The zero-order chi connectivity index (χ0) is 16.3. The molecule has 5 nitrogen and oxygen atoms in total. The first-order valence-electron chi connectivity index (χ1n) is 6.76. The lowest BCUT2D eigenvalue weighted by Gasteiger charge is -2.14. The average Bonchev–Trinajstić information content (AvgIpc) is 2.41. The van der Waals surface area contributed by atoms with Crippen molar-refractivity contribution in [2.45, 2.75) is 25.7 Å². The van der Waals surface area contributed by atoms with Crippen molar-refractivity contribution in [3.05, 3.63) is 53.6 Å². The first kappa shape index (κ1) is 16.0. The number of rotatable bonds is 4. The fourth-order valence-electron chi connectivity index (χ4n) is 1.96. The molecule has 2 N–H and O–H groups in total. The minimum Gasteiger partial charge on any atom is -0.325 e.